The lowest BCUT2D eigenvalue weighted by Crippen LogP contribution is -2.38. The number of ether oxygens (including phenoxy) is 2. The molecule has 0 fully saturated rings. The van der Waals surface area contributed by atoms with Crippen molar-refractivity contribution in [1.29, 1.82) is 0 Å². The summed E-state index contributed by atoms with van der Waals surface area (Å²) in [7, 11) is 3.38. The molecule has 0 spiro atoms. The molecule has 1 aromatic heterocycles. The van der Waals surface area contributed by atoms with Crippen molar-refractivity contribution in [2.75, 3.05) is 20.8 Å². The average Bonchev–Trinajstić information content (AvgIpc) is 2.69. The van der Waals surface area contributed by atoms with Gasteiger partial charge in [0.2, 0.25) is 5.88 Å². The first-order chi connectivity index (χ1) is 13.0. The zero-order valence-corrected chi connectivity index (χ0v) is 19.6. The number of halogens is 1. The summed E-state index contributed by atoms with van der Waals surface area (Å²) in [4.78, 5) is 8.51. The summed E-state index contributed by atoms with van der Waals surface area (Å²) < 4.78 is 11.0. The molecular formula is C21H31IN4O2. The highest BCUT2D eigenvalue weighted by molar-refractivity contribution is 14.0. The SMILES string of the molecule is CN=C(NCc1cccnc1OC)NC(C)c1ccc(OCC(C)C)cc1.I. The monoisotopic (exact) mass is 498 g/mol. The van der Waals surface area contributed by atoms with Crippen molar-refractivity contribution in [3.8, 4) is 11.6 Å². The number of guanidine groups is 1. The number of benzene rings is 1. The topological polar surface area (TPSA) is 67.8 Å². The first kappa shape index (κ1) is 24.0. The van der Waals surface area contributed by atoms with Gasteiger partial charge in [0, 0.05) is 25.4 Å². The van der Waals surface area contributed by atoms with Crippen LogP contribution in [0.25, 0.3) is 0 Å². The van der Waals surface area contributed by atoms with Crippen LogP contribution in [-0.4, -0.2) is 31.7 Å². The highest BCUT2D eigenvalue weighted by Crippen LogP contribution is 2.18. The van der Waals surface area contributed by atoms with Gasteiger partial charge in [-0.1, -0.05) is 32.0 Å². The predicted octanol–water partition coefficient (Wildman–Crippen LogP) is 4.17. The maximum atomic E-state index is 5.74. The summed E-state index contributed by atoms with van der Waals surface area (Å²) in [5.41, 5.74) is 2.14. The van der Waals surface area contributed by atoms with E-state index in [0.29, 0.717) is 24.3 Å². The third-order valence-electron chi connectivity index (χ3n) is 4.03. The van der Waals surface area contributed by atoms with Gasteiger partial charge in [-0.15, -0.1) is 24.0 Å². The van der Waals surface area contributed by atoms with Crippen molar-refractivity contribution in [2.45, 2.75) is 33.4 Å². The standard InChI is InChI=1S/C21H30N4O2.HI/c1-15(2)14-27-19-10-8-17(9-11-19)16(3)25-21(22-4)24-13-18-7-6-12-23-20(18)26-5;/h6-12,15-16H,13-14H2,1-5H3,(H2,22,24,25);1H. The number of methoxy groups -OCH3 is 1. The van der Waals surface area contributed by atoms with Crippen molar-refractivity contribution in [3.63, 3.8) is 0 Å². The normalized spacial score (nSPS) is 12.1. The van der Waals surface area contributed by atoms with Crippen molar-refractivity contribution in [1.82, 2.24) is 15.6 Å². The van der Waals surface area contributed by atoms with E-state index < -0.39 is 0 Å². The zero-order valence-electron chi connectivity index (χ0n) is 17.2. The Morgan fingerprint density at radius 3 is 2.46 bits per heavy atom. The zero-order chi connectivity index (χ0) is 19.6. The molecule has 28 heavy (non-hydrogen) atoms. The summed E-state index contributed by atoms with van der Waals surface area (Å²) in [5.74, 6) is 2.74. The minimum absolute atomic E-state index is 0. The van der Waals surface area contributed by atoms with E-state index in [0.717, 1.165) is 23.5 Å². The van der Waals surface area contributed by atoms with Gasteiger partial charge in [0.15, 0.2) is 5.96 Å². The smallest absolute Gasteiger partial charge is 0.218 e. The molecule has 1 unspecified atom stereocenters. The number of hydrogen-bond acceptors (Lipinski definition) is 4. The fourth-order valence-electron chi connectivity index (χ4n) is 2.52. The molecule has 0 aliphatic carbocycles. The summed E-state index contributed by atoms with van der Waals surface area (Å²) in [5, 5.41) is 6.70. The third kappa shape index (κ3) is 7.53. The Labute approximate surface area is 185 Å². The van der Waals surface area contributed by atoms with Gasteiger partial charge in [0.25, 0.3) is 0 Å². The van der Waals surface area contributed by atoms with Crippen molar-refractivity contribution < 1.29 is 9.47 Å². The van der Waals surface area contributed by atoms with E-state index in [2.05, 4.69) is 53.5 Å². The largest absolute Gasteiger partial charge is 0.493 e. The van der Waals surface area contributed by atoms with E-state index in [1.54, 1.807) is 20.4 Å². The highest BCUT2D eigenvalue weighted by Gasteiger charge is 2.10. The summed E-state index contributed by atoms with van der Waals surface area (Å²) in [6.45, 7) is 7.68. The van der Waals surface area contributed by atoms with Crippen LogP contribution in [0.1, 0.15) is 37.9 Å². The lowest BCUT2D eigenvalue weighted by Gasteiger charge is -2.19. The first-order valence-corrected chi connectivity index (χ1v) is 9.21. The van der Waals surface area contributed by atoms with E-state index in [1.165, 1.54) is 0 Å². The van der Waals surface area contributed by atoms with Gasteiger partial charge in [0.05, 0.1) is 19.8 Å². The Kier molecular flexibility index (Phi) is 10.7. The van der Waals surface area contributed by atoms with E-state index in [9.17, 15) is 0 Å². The number of hydrogen-bond donors (Lipinski definition) is 2. The molecular weight excluding hydrogens is 467 g/mol. The number of aliphatic imine (C=N–C) groups is 1. The molecule has 1 atom stereocenters. The lowest BCUT2D eigenvalue weighted by molar-refractivity contribution is 0.271. The van der Waals surface area contributed by atoms with E-state index in [1.807, 2.05) is 24.3 Å². The molecule has 6 nitrogen and oxygen atoms in total. The van der Waals surface area contributed by atoms with Gasteiger partial charge in [-0.25, -0.2) is 4.98 Å². The Hall–Kier alpha value is -2.03. The number of pyridine rings is 1. The number of aromatic nitrogens is 1. The second kappa shape index (κ2) is 12.4. The van der Waals surface area contributed by atoms with Gasteiger partial charge in [-0.2, -0.15) is 0 Å². The fourth-order valence-corrected chi connectivity index (χ4v) is 2.52. The Morgan fingerprint density at radius 2 is 1.86 bits per heavy atom. The number of nitrogens with one attached hydrogen (secondary N) is 2. The molecule has 2 aromatic rings. The number of rotatable bonds is 8. The summed E-state index contributed by atoms with van der Waals surface area (Å²) in [6, 6.07) is 12.1. The Morgan fingerprint density at radius 1 is 1.14 bits per heavy atom. The van der Waals surface area contributed by atoms with E-state index in [-0.39, 0.29) is 30.0 Å². The van der Waals surface area contributed by atoms with Crippen LogP contribution in [0.15, 0.2) is 47.6 Å². The third-order valence-corrected chi connectivity index (χ3v) is 4.03. The molecule has 7 heteroatoms. The van der Waals surface area contributed by atoms with Crippen LogP contribution in [0.5, 0.6) is 11.6 Å². The Bertz CT molecular complexity index is 735. The molecule has 154 valence electrons. The fraction of sp³-hybridized carbons (Fsp3) is 0.429. The average molecular weight is 498 g/mol. The van der Waals surface area contributed by atoms with Gasteiger partial charge < -0.3 is 20.1 Å². The molecule has 0 aliphatic heterocycles. The quantitative estimate of drug-likeness (QED) is 0.325. The van der Waals surface area contributed by atoms with Gasteiger partial charge in [0.1, 0.15) is 5.75 Å². The van der Waals surface area contributed by atoms with Crippen LogP contribution in [0.3, 0.4) is 0 Å². The lowest BCUT2D eigenvalue weighted by atomic mass is 10.1. The highest BCUT2D eigenvalue weighted by atomic mass is 127. The number of nitrogens with zero attached hydrogens (tertiary/aromatic N) is 2. The van der Waals surface area contributed by atoms with Crippen molar-refractivity contribution in [2.24, 2.45) is 10.9 Å². The molecule has 0 radical (unpaired) electrons. The van der Waals surface area contributed by atoms with Crippen LogP contribution in [-0.2, 0) is 6.54 Å². The van der Waals surface area contributed by atoms with Crippen LogP contribution < -0.4 is 20.1 Å². The summed E-state index contributed by atoms with van der Waals surface area (Å²) >= 11 is 0. The van der Waals surface area contributed by atoms with Crippen molar-refractivity contribution in [3.05, 3.63) is 53.7 Å². The second-order valence-electron chi connectivity index (χ2n) is 6.74. The maximum Gasteiger partial charge on any atom is 0.218 e. The minimum atomic E-state index is 0. The van der Waals surface area contributed by atoms with Gasteiger partial charge in [-0.3, -0.25) is 4.99 Å². The molecule has 0 amide bonds. The van der Waals surface area contributed by atoms with Gasteiger partial charge in [-0.05, 0) is 36.6 Å². The molecule has 0 bridgehead atoms. The molecule has 0 saturated heterocycles. The first-order valence-electron chi connectivity index (χ1n) is 9.21. The molecule has 1 heterocycles. The molecule has 2 N–H and O–H groups in total. The van der Waals surface area contributed by atoms with Crippen molar-refractivity contribution >= 4 is 29.9 Å². The van der Waals surface area contributed by atoms with E-state index >= 15 is 0 Å². The van der Waals surface area contributed by atoms with Crippen LogP contribution in [0.2, 0.25) is 0 Å². The van der Waals surface area contributed by atoms with Crippen LogP contribution in [0, 0.1) is 5.92 Å². The van der Waals surface area contributed by atoms with Crippen LogP contribution in [0.4, 0.5) is 0 Å². The predicted molar refractivity (Wildman–Crippen MR) is 125 cm³/mol. The summed E-state index contributed by atoms with van der Waals surface area (Å²) in [6.07, 6.45) is 1.71. The Balaban J connectivity index is 0.00000392. The minimum Gasteiger partial charge on any atom is -0.493 e. The molecule has 1 aromatic carbocycles. The molecule has 0 saturated carbocycles. The second-order valence-corrected chi connectivity index (χ2v) is 6.74. The molecule has 2 rings (SSSR count). The van der Waals surface area contributed by atoms with Gasteiger partial charge >= 0.3 is 0 Å². The van der Waals surface area contributed by atoms with E-state index in [4.69, 9.17) is 9.47 Å². The maximum absolute atomic E-state index is 5.74. The van der Waals surface area contributed by atoms with Crippen LogP contribution >= 0.6 is 24.0 Å². The molecule has 0 aliphatic rings.